The van der Waals surface area contributed by atoms with Crippen LogP contribution < -0.4 is 20.1 Å². The molecule has 134 valence electrons. The van der Waals surface area contributed by atoms with Crippen molar-refractivity contribution in [2.45, 2.75) is 38.3 Å². The summed E-state index contributed by atoms with van der Waals surface area (Å²) in [4.78, 5) is 4.20. The van der Waals surface area contributed by atoms with Gasteiger partial charge in [-0.3, -0.25) is 4.99 Å². The number of aliphatic imine (C=N–C) groups is 1. The number of guanidine groups is 1. The zero-order valence-electron chi connectivity index (χ0n) is 14.9. The fraction of sp³-hybridized carbons (Fsp3) is 0.611. The van der Waals surface area contributed by atoms with E-state index in [1.54, 1.807) is 21.3 Å². The normalized spacial score (nSPS) is 15.4. The number of hydrogen-bond donors (Lipinski definition) is 2. The third-order valence-corrected chi connectivity index (χ3v) is 4.11. The summed E-state index contributed by atoms with van der Waals surface area (Å²) in [5.41, 5.74) is 1.12. The first-order chi connectivity index (χ1) is 11.8. The summed E-state index contributed by atoms with van der Waals surface area (Å²) in [6.07, 6.45) is 5.06. The second-order valence-electron chi connectivity index (χ2n) is 5.85. The minimum absolute atomic E-state index is 0.311. The highest BCUT2D eigenvalue weighted by atomic mass is 16.5. The van der Waals surface area contributed by atoms with Gasteiger partial charge in [0.2, 0.25) is 0 Å². The molecule has 1 fully saturated rings. The fourth-order valence-electron chi connectivity index (χ4n) is 2.79. The van der Waals surface area contributed by atoms with Crippen molar-refractivity contribution in [1.82, 2.24) is 10.6 Å². The van der Waals surface area contributed by atoms with Crippen molar-refractivity contribution in [3.05, 3.63) is 23.8 Å². The first-order valence-corrected chi connectivity index (χ1v) is 8.54. The Morgan fingerprint density at radius 2 is 1.96 bits per heavy atom. The Hall–Kier alpha value is -1.95. The van der Waals surface area contributed by atoms with Gasteiger partial charge in [-0.1, -0.05) is 6.07 Å². The molecule has 0 atom stereocenters. The molecule has 0 spiro atoms. The molecule has 1 saturated carbocycles. The van der Waals surface area contributed by atoms with Crippen molar-refractivity contribution in [3.8, 4) is 11.5 Å². The number of ether oxygens (including phenoxy) is 3. The minimum atomic E-state index is 0.311. The highest BCUT2D eigenvalue weighted by molar-refractivity contribution is 5.79. The summed E-state index contributed by atoms with van der Waals surface area (Å²) < 4.78 is 16.6. The standard InChI is InChI=1S/C18H29N3O3/c1-19-18(20-10-11-22-2)21-13-14-8-9-16(23-3)17(12-14)24-15-6-4-5-7-15/h8-9,12,15H,4-7,10-11,13H2,1-3H3,(H2,19,20,21). The van der Waals surface area contributed by atoms with Crippen LogP contribution in [0, 0.1) is 0 Å². The minimum Gasteiger partial charge on any atom is -0.493 e. The van der Waals surface area contributed by atoms with Crippen LogP contribution in [0.15, 0.2) is 23.2 Å². The van der Waals surface area contributed by atoms with Crippen molar-refractivity contribution >= 4 is 5.96 Å². The summed E-state index contributed by atoms with van der Waals surface area (Å²) >= 11 is 0. The Balaban J connectivity index is 1.94. The molecule has 0 amide bonds. The van der Waals surface area contributed by atoms with Gasteiger partial charge in [0, 0.05) is 27.2 Å². The maximum absolute atomic E-state index is 6.14. The van der Waals surface area contributed by atoms with Gasteiger partial charge in [0.25, 0.3) is 0 Å². The molecule has 1 aromatic rings. The molecule has 2 rings (SSSR count). The average Bonchev–Trinajstić information content (AvgIpc) is 3.11. The van der Waals surface area contributed by atoms with E-state index in [4.69, 9.17) is 14.2 Å². The van der Waals surface area contributed by atoms with Crippen molar-refractivity contribution in [3.63, 3.8) is 0 Å². The van der Waals surface area contributed by atoms with Gasteiger partial charge in [-0.15, -0.1) is 0 Å². The second kappa shape index (κ2) is 10.0. The molecule has 0 radical (unpaired) electrons. The van der Waals surface area contributed by atoms with Gasteiger partial charge in [-0.05, 0) is 43.4 Å². The Labute approximate surface area is 144 Å². The van der Waals surface area contributed by atoms with Crippen LogP contribution in [0.25, 0.3) is 0 Å². The Kier molecular flexibility index (Phi) is 7.68. The van der Waals surface area contributed by atoms with Crippen LogP contribution in [-0.4, -0.2) is 46.5 Å². The monoisotopic (exact) mass is 335 g/mol. The Bertz CT molecular complexity index is 528. The fourth-order valence-corrected chi connectivity index (χ4v) is 2.79. The summed E-state index contributed by atoms with van der Waals surface area (Å²) in [6, 6.07) is 6.05. The molecule has 0 aromatic heterocycles. The van der Waals surface area contributed by atoms with E-state index in [-0.39, 0.29) is 0 Å². The van der Waals surface area contributed by atoms with Crippen LogP contribution in [0.5, 0.6) is 11.5 Å². The Morgan fingerprint density at radius 3 is 2.62 bits per heavy atom. The van der Waals surface area contributed by atoms with E-state index in [2.05, 4.69) is 15.6 Å². The maximum atomic E-state index is 6.14. The topological polar surface area (TPSA) is 64.1 Å². The number of rotatable bonds is 8. The summed E-state index contributed by atoms with van der Waals surface area (Å²) in [7, 11) is 5.11. The molecule has 0 bridgehead atoms. The van der Waals surface area contributed by atoms with Crippen LogP contribution >= 0.6 is 0 Å². The zero-order chi connectivity index (χ0) is 17.2. The third kappa shape index (κ3) is 5.60. The number of hydrogen-bond acceptors (Lipinski definition) is 4. The van der Waals surface area contributed by atoms with E-state index in [0.717, 1.165) is 42.4 Å². The van der Waals surface area contributed by atoms with Gasteiger partial charge in [-0.25, -0.2) is 0 Å². The van der Waals surface area contributed by atoms with Gasteiger partial charge in [0.15, 0.2) is 17.5 Å². The molecule has 24 heavy (non-hydrogen) atoms. The molecule has 6 heteroatoms. The van der Waals surface area contributed by atoms with Gasteiger partial charge in [-0.2, -0.15) is 0 Å². The van der Waals surface area contributed by atoms with Gasteiger partial charge in [0.05, 0.1) is 19.8 Å². The first kappa shape index (κ1) is 18.4. The molecule has 1 aliphatic rings. The lowest BCUT2D eigenvalue weighted by molar-refractivity contribution is 0.200. The van der Waals surface area contributed by atoms with Crippen LogP contribution in [0.2, 0.25) is 0 Å². The molecule has 1 aliphatic carbocycles. The van der Waals surface area contributed by atoms with E-state index in [1.807, 2.05) is 18.2 Å². The average molecular weight is 335 g/mol. The van der Waals surface area contributed by atoms with E-state index in [1.165, 1.54) is 12.8 Å². The lowest BCUT2D eigenvalue weighted by atomic mass is 10.2. The van der Waals surface area contributed by atoms with Gasteiger partial charge >= 0.3 is 0 Å². The van der Waals surface area contributed by atoms with Gasteiger partial charge in [0.1, 0.15) is 0 Å². The quantitative estimate of drug-likeness (QED) is 0.434. The predicted molar refractivity (Wildman–Crippen MR) is 96.0 cm³/mol. The SMILES string of the molecule is CN=C(NCCOC)NCc1ccc(OC)c(OC2CCCC2)c1. The molecule has 0 unspecified atom stereocenters. The van der Waals surface area contributed by atoms with Crippen LogP contribution in [0.1, 0.15) is 31.2 Å². The van der Waals surface area contributed by atoms with E-state index < -0.39 is 0 Å². The molecule has 0 aliphatic heterocycles. The number of benzene rings is 1. The molecule has 1 aromatic carbocycles. The number of methoxy groups -OCH3 is 2. The Morgan fingerprint density at radius 1 is 1.17 bits per heavy atom. The predicted octanol–water partition coefficient (Wildman–Crippen LogP) is 2.33. The highest BCUT2D eigenvalue weighted by Gasteiger charge is 2.18. The molecular formula is C18H29N3O3. The summed E-state index contributed by atoms with van der Waals surface area (Å²) in [5.74, 6) is 2.36. The van der Waals surface area contributed by atoms with E-state index in [0.29, 0.717) is 19.3 Å². The van der Waals surface area contributed by atoms with Crippen molar-refractivity contribution < 1.29 is 14.2 Å². The number of nitrogens with zero attached hydrogens (tertiary/aromatic N) is 1. The maximum Gasteiger partial charge on any atom is 0.191 e. The highest BCUT2D eigenvalue weighted by Crippen LogP contribution is 2.32. The van der Waals surface area contributed by atoms with Gasteiger partial charge < -0.3 is 24.8 Å². The molecule has 0 heterocycles. The van der Waals surface area contributed by atoms with Crippen molar-refractivity contribution in [2.24, 2.45) is 4.99 Å². The smallest absolute Gasteiger partial charge is 0.191 e. The van der Waals surface area contributed by atoms with Crippen LogP contribution in [0.3, 0.4) is 0 Å². The zero-order valence-corrected chi connectivity index (χ0v) is 14.9. The van der Waals surface area contributed by atoms with Crippen LogP contribution in [0.4, 0.5) is 0 Å². The van der Waals surface area contributed by atoms with E-state index >= 15 is 0 Å². The van der Waals surface area contributed by atoms with Crippen molar-refractivity contribution in [1.29, 1.82) is 0 Å². The van der Waals surface area contributed by atoms with E-state index in [9.17, 15) is 0 Å². The first-order valence-electron chi connectivity index (χ1n) is 8.54. The number of nitrogens with one attached hydrogen (secondary N) is 2. The lowest BCUT2D eigenvalue weighted by Crippen LogP contribution is -2.38. The van der Waals surface area contributed by atoms with Crippen molar-refractivity contribution in [2.75, 3.05) is 34.4 Å². The molecule has 0 saturated heterocycles. The van der Waals surface area contributed by atoms with Crippen LogP contribution in [-0.2, 0) is 11.3 Å². The summed E-state index contributed by atoms with van der Waals surface area (Å²) in [6.45, 7) is 2.02. The summed E-state index contributed by atoms with van der Waals surface area (Å²) in [5, 5.41) is 6.48. The largest absolute Gasteiger partial charge is 0.493 e. The third-order valence-electron chi connectivity index (χ3n) is 4.11. The second-order valence-corrected chi connectivity index (χ2v) is 5.85. The lowest BCUT2D eigenvalue weighted by Gasteiger charge is -2.17. The molecule has 6 nitrogen and oxygen atoms in total. The molecule has 2 N–H and O–H groups in total. The molecular weight excluding hydrogens is 306 g/mol.